The van der Waals surface area contributed by atoms with Crippen molar-refractivity contribution >= 4 is 20.1 Å². The summed E-state index contributed by atoms with van der Waals surface area (Å²) >= 11 is 0. The Bertz CT molecular complexity index is 456. The minimum absolute atomic E-state index is 0.122. The van der Waals surface area contributed by atoms with Gasteiger partial charge in [0.05, 0.1) is 12.4 Å². The summed E-state index contributed by atoms with van der Waals surface area (Å²) in [5.41, 5.74) is 1.53. The maximum absolute atomic E-state index is 12.1. The van der Waals surface area contributed by atoms with Crippen LogP contribution in [-0.4, -0.2) is 26.7 Å². The first-order chi connectivity index (χ1) is 10.1. The molecule has 0 spiro atoms. The number of allylic oxidation sites excluding steroid dienone is 3. The Labute approximate surface area is 135 Å². The normalized spacial score (nSPS) is 13.5. The topological polar surface area (TPSA) is 52.6 Å². The molecule has 0 aromatic heterocycles. The third kappa shape index (κ3) is 9.55. The molecule has 0 N–H and O–H groups in total. The predicted molar refractivity (Wildman–Crippen MR) is 92.1 cm³/mol. The smallest absolute Gasteiger partial charge is 0.334 e. The molecule has 5 heteroatoms. The van der Waals surface area contributed by atoms with E-state index in [1.165, 1.54) is 0 Å². The summed E-state index contributed by atoms with van der Waals surface area (Å²) in [7, 11) is -1.64. The maximum Gasteiger partial charge on any atom is 0.334 e. The van der Waals surface area contributed by atoms with Crippen molar-refractivity contribution in [2.45, 2.75) is 66.6 Å². The summed E-state index contributed by atoms with van der Waals surface area (Å²) in [4.78, 5) is 23.2. The van der Waals surface area contributed by atoms with Gasteiger partial charge >= 0.3 is 5.97 Å². The van der Waals surface area contributed by atoms with Gasteiger partial charge in [-0.1, -0.05) is 5.57 Å². The molecular weight excluding hydrogens is 296 g/mol. The standard InChI is InChI=1S/C17H30O4Si/c1-8-20-17(19)16(13(2)9-10-14(3)18)12-11-15(4)21-22(5,6)7/h11H,8-10,12H2,1-7H3/b15-11-,16-13+. The summed E-state index contributed by atoms with van der Waals surface area (Å²) in [5.74, 6) is 0.650. The SMILES string of the molecule is CCOC(=O)/C(C/C=C(/C)O[Si](C)(C)C)=C(\C)CCC(C)=O. The number of hydrogen-bond acceptors (Lipinski definition) is 4. The fraction of sp³-hybridized carbons (Fsp3) is 0.647. The molecule has 0 atom stereocenters. The molecule has 0 heterocycles. The number of carbonyl (C=O) groups excluding carboxylic acids is 2. The van der Waals surface area contributed by atoms with Crippen molar-refractivity contribution in [3.05, 3.63) is 23.0 Å². The van der Waals surface area contributed by atoms with Crippen LogP contribution in [0.4, 0.5) is 0 Å². The number of carbonyl (C=O) groups is 2. The second kappa shape index (κ2) is 9.61. The monoisotopic (exact) mass is 326 g/mol. The maximum atomic E-state index is 12.1. The van der Waals surface area contributed by atoms with Crippen molar-refractivity contribution in [2.75, 3.05) is 6.61 Å². The van der Waals surface area contributed by atoms with Crippen molar-refractivity contribution in [2.24, 2.45) is 0 Å². The Morgan fingerprint density at radius 3 is 2.09 bits per heavy atom. The zero-order chi connectivity index (χ0) is 17.3. The molecule has 22 heavy (non-hydrogen) atoms. The Morgan fingerprint density at radius 1 is 1.05 bits per heavy atom. The van der Waals surface area contributed by atoms with Crippen LogP contribution in [0.1, 0.15) is 47.0 Å². The molecule has 0 fully saturated rings. The van der Waals surface area contributed by atoms with E-state index in [9.17, 15) is 9.59 Å². The van der Waals surface area contributed by atoms with Crippen LogP contribution in [0, 0.1) is 0 Å². The van der Waals surface area contributed by atoms with Crippen LogP contribution in [0.3, 0.4) is 0 Å². The molecule has 0 aliphatic heterocycles. The van der Waals surface area contributed by atoms with Gasteiger partial charge in [0.1, 0.15) is 5.78 Å². The molecule has 0 aliphatic rings. The van der Waals surface area contributed by atoms with E-state index in [0.29, 0.717) is 31.4 Å². The molecule has 0 saturated heterocycles. The van der Waals surface area contributed by atoms with Crippen molar-refractivity contribution in [3.8, 4) is 0 Å². The van der Waals surface area contributed by atoms with Crippen molar-refractivity contribution in [1.82, 2.24) is 0 Å². The summed E-state index contributed by atoms with van der Waals surface area (Å²) in [6.07, 6.45) is 3.43. The fourth-order valence-electron chi connectivity index (χ4n) is 1.93. The Kier molecular flexibility index (Phi) is 9.02. The van der Waals surface area contributed by atoms with E-state index in [0.717, 1.165) is 11.3 Å². The number of hydrogen-bond donors (Lipinski definition) is 0. The zero-order valence-electron chi connectivity index (χ0n) is 15.0. The molecule has 4 nitrogen and oxygen atoms in total. The van der Waals surface area contributed by atoms with E-state index in [1.54, 1.807) is 13.8 Å². The number of Topliss-reactive ketones (excluding diaryl/α,β-unsaturated/α-hetero) is 1. The van der Waals surface area contributed by atoms with Gasteiger partial charge in [-0.2, -0.15) is 0 Å². The second-order valence-electron chi connectivity index (χ2n) is 6.41. The van der Waals surface area contributed by atoms with Gasteiger partial charge in [0, 0.05) is 18.4 Å². The molecule has 0 unspecified atom stereocenters. The van der Waals surface area contributed by atoms with Crippen LogP contribution in [0.25, 0.3) is 0 Å². The summed E-state index contributed by atoms with van der Waals surface area (Å²) in [6, 6.07) is 0. The first kappa shape index (κ1) is 20.6. The summed E-state index contributed by atoms with van der Waals surface area (Å²) in [5, 5.41) is 0. The highest BCUT2D eigenvalue weighted by Crippen LogP contribution is 2.19. The minimum Gasteiger partial charge on any atom is -0.548 e. The van der Waals surface area contributed by atoms with Crippen molar-refractivity contribution < 1.29 is 18.8 Å². The largest absolute Gasteiger partial charge is 0.548 e. The van der Waals surface area contributed by atoms with E-state index < -0.39 is 8.32 Å². The first-order valence-electron chi connectivity index (χ1n) is 7.77. The van der Waals surface area contributed by atoms with Gasteiger partial charge in [0.2, 0.25) is 8.32 Å². The van der Waals surface area contributed by atoms with Crippen LogP contribution in [0.2, 0.25) is 19.6 Å². The molecule has 0 rings (SSSR count). The predicted octanol–water partition coefficient (Wildman–Crippen LogP) is 4.38. The highest BCUT2D eigenvalue weighted by molar-refractivity contribution is 6.70. The fourth-order valence-corrected chi connectivity index (χ4v) is 2.98. The minimum atomic E-state index is -1.64. The van der Waals surface area contributed by atoms with Gasteiger partial charge in [-0.05, 0) is 59.8 Å². The highest BCUT2D eigenvalue weighted by atomic mass is 28.4. The third-order valence-electron chi connectivity index (χ3n) is 2.95. The zero-order valence-corrected chi connectivity index (χ0v) is 16.0. The van der Waals surface area contributed by atoms with Gasteiger partial charge in [-0.3, -0.25) is 0 Å². The van der Waals surface area contributed by atoms with Gasteiger partial charge in [-0.25, -0.2) is 4.79 Å². The second-order valence-corrected chi connectivity index (χ2v) is 10.8. The van der Waals surface area contributed by atoms with E-state index in [-0.39, 0.29) is 11.8 Å². The lowest BCUT2D eigenvalue weighted by atomic mass is 10.0. The van der Waals surface area contributed by atoms with E-state index in [1.807, 2.05) is 19.9 Å². The highest BCUT2D eigenvalue weighted by Gasteiger charge is 2.17. The third-order valence-corrected chi connectivity index (χ3v) is 3.88. The quantitative estimate of drug-likeness (QED) is 0.273. The molecule has 0 saturated carbocycles. The lowest BCUT2D eigenvalue weighted by Gasteiger charge is -2.19. The van der Waals surface area contributed by atoms with Gasteiger partial charge in [0.25, 0.3) is 0 Å². The lowest BCUT2D eigenvalue weighted by Crippen LogP contribution is -2.24. The first-order valence-corrected chi connectivity index (χ1v) is 11.2. The molecule has 0 radical (unpaired) electrons. The average molecular weight is 327 g/mol. The Hall–Kier alpha value is -1.36. The van der Waals surface area contributed by atoms with Gasteiger partial charge in [-0.15, -0.1) is 0 Å². The van der Waals surface area contributed by atoms with Crippen LogP contribution in [-0.2, 0) is 18.8 Å². The van der Waals surface area contributed by atoms with Crippen LogP contribution < -0.4 is 0 Å². The van der Waals surface area contributed by atoms with E-state index >= 15 is 0 Å². The molecule has 0 aromatic carbocycles. The Morgan fingerprint density at radius 2 is 1.64 bits per heavy atom. The van der Waals surface area contributed by atoms with Crippen LogP contribution in [0.5, 0.6) is 0 Å². The number of esters is 1. The van der Waals surface area contributed by atoms with Crippen molar-refractivity contribution in [3.63, 3.8) is 0 Å². The van der Waals surface area contributed by atoms with Gasteiger partial charge < -0.3 is 14.0 Å². The number of ether oxygens (including phenoxy) is 1. The molecular formula is C17H30O4Si. The number of rotatable bonds is 9. The molecule has 126 valence electrons. The van der Waals surface area contributed by atoms with E-state index in [2.05, 4.69) is 19.6 Å². The Balaban J connectivity index is 5.09. The van der Waals surface area contributed by atoms with Crippen LogP contribution >= 0.6 is 0 Å². The average Bonchev–Trinajstić information content (AvgIpc) is 2.34. The number of ketones is 1. The van der Waals surface area contributed by atoms with Crippen molar-refractivity contribution in [1.29, 1.82) is 0 Å². The molecule has 0 aromatic rings. The summed E-state index contributed by atoms with van der Waals surface area (Å²) < 4.78 is 11.0. The van der Waals surface area contributed by atoms with Crippen LogP contribution in [0.15, 0.2) is 23.0 Å². The molecule has 0 amide bonds. The molecule has 0 aliphatic carbocycles. The van der Waals surface area contributed by atoms with E-state index in [4.69, 9.17) is 9.16 Å². The van der Waals surface area contributed by atoms with Gasteiger partial charge in [0.15, 0.2) is 0 Å². The lowest BCUT2D eigenvalue weighted by molar-refractivity contribution is -0.138. The molecule has 0 bridgehead atoms. The summed E-state index contributed by atoms with van der Waals surface area (Å²) in [6.45, 7) is 13.8.